The molecule has 0 bridgehead atoms. The third-order valence-electron chi connectivity index (χ3n) is 3.91. The van der Waals surface area contributed by atoms with Gasteiger partial charge < -0.3 is 4.74 Å². The molecule has 0 unspecified atom stereocenters. The zero-order chi connectivity index (χ0) is 17.6. The van der Waals surface area contributed by atoms with Gasteiger partial charge in [0.2, 0.25) is 11.7 Å². The molecule has 1 N–H and O–H groups in total. The highest BCUT2D eigenvalue weighted by molar-refractivity contribution is 6.21. The molecule has 0 saturated carbocycles. The molecule has 0 atom stereocenters. The van der Waals surface area contributed by atoms with Crippen LogP contribution in [0, 0.1) is 0 Å². The third-order valence-corrected chi connectivity index (χ3v) is 3.91. The summed E-state index contributed by atoms with van der Waals surface area (Å²) in [6.45, 7) is 1.30. The van der Waals surface area contributed by atoms with Gasteiger partial charge in [-0.2, -0.15) is 4.79 Å². The molecule has 122 valence electrons. The van der Waals surface area contributed by atoms with Crippen molar-refractivity contribution in [3.05, 3.63) is 60.4 Å². The summed E-state index contributed by atoms with van der Waals surface area (Å²) in [5.74, 6) is -0.516. The van der Waals surface area contributed by atoms with Crippen molar-refractivity contribution in [3.8, 4) is 5.75 Å². The van der Waals surface area contributed by atoms with Crippen molar-refractivity contribution >= 4 is 34.6 Å². The van der Waals surface area contributed by atoms with Crippen LogP contribution in [0.5, 0.6) is 5.75 Å². The van der Waals surface area contributed by atoms with E-state index in [0.717, 1.165) is 10.4 Å². The SMILES string of the molecule is CC(=O)Oc1ccc(N2C(=O)c3c[nH+]c4ccccc4[n+]3C2=O)cc1. The fraction of sp³-hybridized carbons (Fsp3) is 0.0556. The van der Waals surface area contributed by atoms with Crippen molar-refractivity contribution in [2.24, 2.45) is 0 Å². The van der Waals surface area contributed by atoms with Gasteiger partial charge in [-0.05, 0) is 30.3 Å². The summed E-state index contributed by atoms with van der Waals surface area (Å²) in [5.41, 5.74) is 2.03. The Morgan fingerprint density at radius 1 is 1.08 bits per heavy atom. The van der Waals surface area contributed by atoms with Crippen LogP contribution < -0.4 is 19.2 Å². The van der Waals surface area contributed by atoms with Gasteiger partial charge in [0.05, 0.1) is 0 Å². The number of H-pyrrole nitrogens is 1. The average Bonchev–Trinajstić information content (AvgIpc) is 2.86. The van der Waals surface area contributed by atoms with E-state index >= 15 is 0 Å². The first-order valence-electron chi connectivity index (χ1n) is 7.59. The van der Waals surface area contributed by atoms with Crippen LogP contribution in [0.3, 0.4) is 0 Å². The van der Waals surface area contributed by atoms with Crippen LogP contribution in [0.2, 0.25) is 0 Å². The average molecular weight is 335 g/mol. The maximum Gasteiger partial charge on any atom is 0.512 e. The van der Waals surface area contributed by atoms with Gasteiger partial charge in [-0.1, -0.05) is 12.1 Å². The van der Waals surface area contributed by atoms with Crippen molar-refractivity contribution in [3.63, 3.8) is 0 Å². The van der Waals surface area contributed by atoms with E-state index in [1.807, 2.05) is 12.1 Å². The summed E-state index contributed by atoms with van der Waals surface area (Å²) < 4.78 is 6.35. The molecule has 7 nitrogen and oxygen atoms in total. The number of fused-ring (bicyclic) bond motifs is 3. The number of rotatable bonds is 2. The van der Waals surface area contributed by atoms with E-state index in [0.29, 0.717) is 17.0 Å². The minimum absolute atomic E-state index is 0.257. The van der Waals surface area contributed by atoms with Crippen molar-refractivity contribution in [2.75, 3.05) is 4.90 Å². The van der Waals surface area contributed by atoms with Crippen molar-refractivity contribution in [1.82, 2.24) is 0 Å². The van der Waals surface area contributed by atoms with Crippen LogP contribution in [0.4, 0.5) is 10.5 Å². The van der Waals surface area contributed by atoms with E-state index in [2.05, 4.69) is 4.98 Å². The third kappa shape index (κ3) is 2.33. The van der Waals surface area contributed by atoms with Crippen LogP contribution in [-0.4, -0.2) is 17.9 Å². The van der Waals surface area contributed by atoms with Crippen molar-refractivity contribution < 1.29 is 28.7 Å². The predicted molar refractivity (Wildman–Crippen MR) is 86.1 cm³/mol. The second-order valence-corrected chi connectivity index (χ2v) is 5.54. The summed E-state index contributed by atoms with van der Waals surface area (Å²) in [6, 6.07) is 13.0. The van der Waals surface area contributed by atoms with Crippen LogP contribution >= 0.6 is 0 Å². The Labute approximate surface area is 142 Å². The Balaban J connectivity index is 1.77. The number of anilines is 1. The van der Waals surface area contributed by atoms with Crippen LogP contribution in [0.15, 0.2) is 54.7 Å². The highest BCUT2D eigenvalue weighted by atomic mass is 16.5. The zero-order valence-electron chi connectivity index (χ0n) is 13.2. The Bertz CT molecular complexity index is 1040. The summed E-state index contributed by atoms with van der Waals surface area (Å²) in [5, 5.41) is 0. The van der Waals surface area contributed by atoms with Gasteiger partial charge in [-0.25, -0.2) is 9.78 Å². The van der Waals surface area contributed by atoms with Crippen LogP contribution in [0.25, 0.3) is 11.0 Å². The second-order valence-electron chi connectivity index (χ2n) is 5.54. The smallest absolute Gasteiger partial charge is 0.427 e. The number of ether oxygens (including phenoxy) is 1. The van der Waals surface area contributed by atoms with E-state index in [-0.39, 0.29) is 5.69 Å². The Morgan fingerprint density at radius 3 is 2.52 bits per heavy atom. The Hall–Kier alpha value is -3.61. The number of imide groups is 1. The van der Waals surface area contributed by atoms with Gasteiger partial charge >= 0.3 is 17.9 Å². The van der Waals surface area contributed by atoms with Crippen LogP contribution in [-0.2, 0) is 4.79 Å². The number of carbonyl (C=O) groups is 3. The lowest BCUT2D eigenvalue weighted by Gasteiger charge is -2.05. The number of para-hydroxylation sites is 2. The molecule has 0 saturated heterocycles. The molecule has 0 spiro atoms. The van der Waals surface area contributed by atoms with E-state index in [1.165, 1.54) is 29.8 Å². The highest BCUT2D eigenvalue weighted by Crippen LogP contribution is 2.24. The van der Waals surface area contributed by atoms with Crippen molar-refractivity contribution in [2.45, 2.75) is 6.92 Å². The molecule has 7 heteroatoms. The fourth-order valence-corrected chi connectivity index (χ4v) is 2.85. The second kappa shape index (κ2) is 5.48. The lowest BCUT2D eigenvalue weighted by atomic mass is 10.2. The molecule has 1 aromatic heterocycles. The molecule has 0 fully saturated rings. The minimum atomic E-state index is -0.453. The largest absolute Gasteiger partial charge is 0.512 e. The zero-order valence-corrected chi connectivity index (χ0v) is 13.2. The molecule has 1 aliphatic rings. The number of amides is 2. The number of carbonyl (C=O) groups excluding carboxylic acids is 3. The summed E-state index contributed by atoms with van der Waals surface area (Å²) in [7, 11) is 0. The number of nitrogens with one attached hydrogen (secondary N) is 1. The lowest BCUT2D eigenvalue weighted by molar-refractivity contribution is -0.551. The maximum atomic E-state index is 12.9. The van der Waals surface area contributed by atoms with Crippen LogP contribution in [0.1, 0.15) is 17.4 Å². The van der Waals surface area contributed by atoms with Gasteiger partial charge in [-0.15, -0.1) is 9.47 Å². The first-order valence-corrected chi connectivity index (χ1v) is 7.59. The van der Waals surface area contributed by atoms with Gasteiger partial charge in [0.15, 0.2) is 0 Å². The number of hydrogen-bond acceptors (Lipinski definition) is 4. The Morgan fingerprint density at radius 2 is 1.80 bits per heavy atom. The monoisotopic (exact) mass is 335 g/mol. The first-order chi connectivity index (χ1) is 12.1. The van der Waals surface area contributed by atoms with E-state index in [9.17, 15) is 14.4 Å². The summed E-state index contributed by atoms with van der Waals surface area (Å²) in [4.78, 5) is 40.6. The van der Waals surface area contributed by atoms with Gasteiger partial charge in [-0.3, -0.25) is 4.79 Å². The number of hydrogen-bond donors (Lipinski definition) is 0. The molecule has 2 amide bonds. The number of aromatic amines is 1. The number of esters is 1. The van der Waals surface area contributed by atoms with Gasteiger partial charge in [0.1, 0.15) is 11.4 Å². The quantitative estimate of drug-likeness (QED) is 0.404. The number of aromatic nitrogens is 2. The maximum absolute atomic E-state index is 12.9. The molecule has 4 rings (SSSR count). The minimum Gasteiger partial charge on any atom is -0.427 e. The van der Waals surface area contributed by atoms with E-state index in [1.54, 1.807) is 24.3 Å². The molecule has 3 aromatic rings. The normalized spacial score (nSPS) is 13.2. The molecule has 2 aromatic carbocycles. The number of benzene rings is 2. The number of nitrogens with zero attached hydrogens (tertiary/aromatic N) is 2. The molecule has 1 aliphatic heterocycles. The molecule has 2 heterocycles. The molecular formula is C18H13N3O4+2. The van der Waals surface area contributed by atoms with Crippen molar-refractivity contribution in [1.29, 1.82) is 0 Å². The molecule has 25 heavy (non-hydrogen) atoms. The highest BCUT2D eigenvalue weighted by Gasteiger charge is 2.49. The summed E-state index contributed by atoms with van der Waals surface area (Å²) in [6.07, 6.45) is 1.52. The standard InChI is InChI=1S/C18H12N3O4/c1-11(22)25-13-8-6-12(7-9-13)20-17(23)16-10-19-14-4-2-3-5-15(14)21(16)18(20)24/h2-10H,1H3/q+1/p+1. The lowest BCUT2D eigenvalue weighted by Crippen LogP contribution is -2.47. The summed E-state index contributed by atoms with van der Waals surface area (Å²) >= 11 is 0. The molecular weight excluding hydrogens is 322 g/mol. The van der Waals surface area contributed by atoms with Gasteiger partial charge in [0, 0.05) is 13.0 Å². The fourth-order valence-electron chi connectivity index (χ4n) is 2.85. The Kier molecular flexibility index (Phi) is 3.28. The molecule has 0 radical (unpaired) electrons. The first kappa shape index (κ1) is 14.9. The van der Waals surface area contributed by atoms with Gasteiger partial charge in [0.25, 0.3) is 11.2 Å². The van der Waals surface area contributed by atoms with E-state index in [4.69, 9.17) is 4.74 Å². The topological polar surface area (TPSA) is 81.7 Å². The predicted octanol–water partition coefficient (Wildman–Crippen LogP) is 1.50. The van der Waals surface area contributed by atoms with E-state index < -0.39 is 17.9 Å². The molecule has 0 aliphatic carbocycles.